The lowest BCUT2D eigenvalue weighted by molar-refractivity contribution is 0.116. The van der Waals surface area contributed by atoms with Crippen molar-refractivity contribution in [1.82, 2.24) is 19.5 Å². The summed E-state index contributed by atoms with van der Waals surface area (Å²) in [6.07, 6.45) is 2.38. The van der Waals surface area contributed by atoms with Crippen LogP contribution in [0.5, 0.6) is 0 Å². The molecule has 0 aliphatic carbocycles. The molecule has 5 aromatic rings. The van der Waals surface area contributed by atoms with Crippen LogP contribution in [0.25, 0.3) is 32.7 Å². The Labute approximate surface area is 172 Å². The monoisotopic (exact) mass is 399 g/mol. The van der Waals surface area contributed by atoms with E-state index in [1.165, 1.54) is 27.1 Å². The van der Waals surface area contributed by atoms with E-state index in [0.29, 0.717) is 30.9 Å². The van der Waals surface area contributed by atoms with Crippen molar-refractivity contribution >= 4 is 38.7 Å². The number of anilines is 1. The average Bonchev–Trinajstić information content (AvgIpc) is 3.16. The maximum absolute atomic E-state index is 11.9. The van der Waals surface area contributed by atoms with Gasteiger partial charge in [-0.3, -0.25) is 9.78 Å². The van der Waals surface area contributed by atoms with Crippen LogP contribution in [0.1, 0.15) is 12.0 Å². The Balaban J connectivity index is 1.28. The van der Waals surface area contributed by atoms with Crippen LogP contribution >= 0.6 is 0 Å². The molecule has 2 aromatic heterocycles. The first-order valence-corrected chi connectivity index (χ1v) is 9.88. The number of nitrogens with one attached hydrogen (secondary N) is 1. The third-order valence-electron chi connectivity index (χ3n) is 5.29. The molecular weight excluding hydrogens is 378 g/mol. The number of fused-ring (bicyclic) bond motifs is 4. The quantitative estimate of drug-likeness (QED) is 0.336. The highest BCUT2D eigenvalue weighted by atomic mass is 16.5. The molecule has 3 N–H and O–H groups in total. The summed E-state index contributed by atoms with van der Waals surface area (Å²) < 4.78 is 7.82. The molecule has 0 aliphatic heterocycles. The predicted octanol–water partition coefficient (Wildman–Crippen LogP) is 3.62. The van der Waals surface area contributed by atoms with Crippen molar-refractivity contribution in [3.05, 3.63) is 76.8 Å². The van der Waals surface area contributed by atoms with Crippen LogP contribution in [0.15, 0.2) is 65.7 Å². The first kappa shape index (κ1) is 18.3. The molecule has 0 aliphatic rings. The fraction of sp³-hybridized carbons (Fsp3) is 0.174. The highest BCUT2D eigenvalue weighted by Gasteiger charge is 2.09. The molecule has 150 valence electrons. The first-order chi connectivity index (χ1) is 14.7. The summed E-state index contributed by atoms with van der Waals surface area (Å²) in [7, 11) is 0. The molecule has 0 bridgehead atoms. The number of aryl methyl sites for hydroxylation is 1. The van der Waals surface area contributed by atoms with Crippen molar-refractivity contribution in [3.8, 4) is 0 Å². The second-order valence-corrected chi connectivity index (χ2v) is 7.27. The van der Waals surface area contributed by atoms with Crippen LogP contribution in [-0.2, 0) is 17.9 Å². The molecule has 5 rings (SSSR count). The summed E-state index contributed by atoms with van der Waals surface area (Å²) in [5.74, 6) is 0.0914. The summed E-state index contributed by atoms with van der Waals surface area (Å²) >= 11 is 0. The van der Waals surface area contributed by atoms with Crippen molar-refractivity contribution in [3.63, 3.8) is 0 Å². The molecule has 0 fully saturated rings. The third-order valence-corrected chi connectivity index (χ3v) is 5.29. The molecule has 0 amide bonds. The maximum Gasteiger partial charge on any atom is 0.280 e. The number of benzene rings is 3. The van der Waals surface area contributed by atoms with Crippen molar-refractivity contribution in [2.24, 2.45) is 0 Å². The molecule has 0 radical (unpaired) electrons. The van der Waals surface area contributed by atoms with Crippen molar-refractivity contribution in [2.75, 3.05) is 12.3 Å². The second-order valence-electron chi connectivity index (χ2n) is 7.27. The Bertz CT molecular complexity index is 1420. The van der Waals surface area contributed by atoms with Gasteiger partial charge in [0.2, 0.25) is 5.95 Å². The van der Waals surface area contributed by atoms with Gasteiger partial charge < -0.3 is 15.0 Å². The van der Waals surface area contributed by atoms with E-state index in [1.54, 1.807) is 6.33 Å². The fourth-order valence-corrected chi connectivity index (χ4v) is 3.90. The minimum Gasteiger partial charge on any atom is -0.377 e. The summed E-state index contributed by atoms with van der Waals surface area (Å²) in [4.78, 5) is 22.6. The van der Waals surface area contributed by atoms with Gasteiger partial charge in [0.25, 0.3) is 5.56 Å². The lowest BCUT2D eigenvalue weighted by Gasteiger charge is -2.11. The van der Waals surface area contributed by atoms with E-state index in [1.807, 2.05) is 4.57 Å². The van der Waals surface area contributed by atoms with Crippen molar-refractivity contribution in [1.29, 1.82) is 0 Å². The van der Waals surface area contributed by atoms with Gasteiger partial charge in [0.15, 0.2) is 11.2 Å². The van der Waals surface area contributed by atoms with E-state index >= 15 is 0 Å². The minimum absolute atomic E-state index is 0.0914. The van der Waals surface area contributed by atoms with E-state index in [-0.39, 0.29) is 11.5 Å². The van der Waals surface area contributed by atoms with Crippen LogP contribution in [0, 0.1) is 0 Å². The molecule has 7 nitrogen and oxygen atoms in total. The number of aromatic amines is 1. The number of imidazole rings is 1. The minimum atomic E-state index is -0.323. The molecule has 2 heterocycles. The van der Waals surface area contributed by atoms with E-state index in [0.717, 1.165) is 6.42 Å². The van der Waals surface area contributed by atoms with Crippen LogP contribution in [-0.4, -0.2) is 26.1 Å². The Hall–Kier alpha value is -3.71. The number of aromatic nitrogens is 4. The molecule has 3 aromatic carbocycles. The SMILES string of the molecule is Nc1nc2c(ncn2CCCOCc2cc3ccccc3c3ccccc23)c(=O)[nH]1. The zero-order valence-electron chi connectivity index (χ0n) is 16.3. The Morgan fingerprint density at radius 2 is 1.80 bits per heavy atom. The number of hydrogen-bond acceptors (Lipinski definition) is 5. The van der Waals surface area contributed by atoms with Crippen LogP contribution in [0.4, 0.5) is 5.95 Å². The number of nitrogens with two attached hydrogens (primary N) is 1. The average molecular weight is 399 g/mol. The number of hydrogen-bond donors (Lipinski definition) is 2. The Morgan fingerprint density at radius 1 is 1.03 bits per heavy atom. The standard InChI is InChI=1S/C23H21N5O2/c24-23-26-21-20(22(29)27-23)25-14-28(21)10-5-11-30-13-16-12-15-6-1-2-7-17(15)19-9-4-3-8-18(16)19/h1-4,6-9,12,14H,5,10-11,13H2,(H3,24,26,27,29). The van der Waals surface area contributed by atoms with E-state index < -0.39 is 0 Å². The van der Waals surface area contributed by atoms with Crippen LogP contribution < -0.4 is 11.3 Å². The molecule has 30 heavy (non-hydrogen) atoms. The number of ether oxygens (including phenoxy) is 1. The molecule has 0 spiro atoms. The van der Waals surface area contributed by atoms with E-state index in [2.05, 4.69) is 69.5 Å². The normalized spacial score (nSPS) is 11.6. The van der Waals surface area contributed by atoms with Crippen LogP contribution in [0.3, 0.4) is 0 Å². The maximum atomic E-state index is 11.9. The lowest BCUT2D eigenvalue weighted by Crippen LogP contribution is -2.12. The predicted molar refractivity (Wildman–Crippen MR) is 118 cm³/mol. The zero-order chi connectivity index (χ0) is 20.5. The first-order valence-electron chi connectivity index (χ1n) is 9.88. The van der Waals surface area contributed by atoms with Gasteiger partial charge in [-0.1, -0.05) is 48.5 Å². The smallest absolute Gasteiger partial charge is 0.280 e. The zero-order valence-corrected chi connectivity index (χ0v) is 16.3. The van der Waals surface area contributed by atoms with Gasteiger partial charge in [-0.15, -0.1) is 0 Å². The summed E-state index contributed by atoms with van der Waals surface area (Å²) in [5, 5.41) is 4.93. The van der Waals surface area contributed by atoms with Crippen LogP contribution in [0.2, 0.25) is 0 Å². The van der Waals surface area contributed by atoms with Gasteiger partial charge in [0.05, 0.1) is 12.9 Å². The lowest BCUT2D eigenvalue weighted by atomic mass is 9.98. The van der Waals surface area contributed by atoms with Gasteiger partial charge in [0, 0.05) is 13.2 Å². The molecule has 0 atom stereocenters. The van der Waals surface area contributed by atoms with Crippen molar-refractivity contribution < 1.29 is 4.74 Å². The number of rotatable bonds is 6. The molecule has 0 saturated carbocycles. The van der Waals surface area contributed by atoms with Gasteiger partial charge in [-0.25, -0.2) is 4.98 Å². The van der Waals surface area contributed by atoms with Gasteiger partial charge in [0.1, 0.15) is 0 Å². The highest BCUT2D eigenvalue weighted by molar-refractivity contribution is 6.08. The number of H-pyrrole nitrogens is 1. The molecule has 0 saturated heterocycles. The summed E-state index contributed by atoms with van der Waals surface area (Å²) in [6, 6.07) is 19.1. The van der Waals surface area contributed by atoms with Gasteiger partial charge >= 0.3 is 0 Å². The number of nitrogen functional groups attached to an aromatic ring is 1. The molecular formula is C23H21N5O2. The van der Waals surface area contributed by atoms with Gasteiger partial charge in [-0.05, 0) is 39.6 Å². The second kappa shape index (κ2) is 7.61. The third kappa shape index (κ3) is 3.29. The Kier molecular flexibility index (Phi) is 4.65. The summed E-state index contributed by atoms with van der Waals surface area (Å²) in [6.45, 7) is 1.77. The largest absolute Gasteiger partial charge is 0.377 e. The fourth-order valence-electron chi connectivity index (χ4n) is 3.90. The highest BCUT2D eigenvalue weighted by Crippen LogP contribution is 2.29. The van der Waals surface area contributed by atoms with E-state index in [9.17, 15) is 4.79 Å². The van der Waals surface area contributed by atoms with Gasteiger partial charge in [-0.2, -0.15) is 4.98 Å². The topological polar surface area (TPSA) is 98.8 Å². The van der Waals surface area contributed by atoms with Crippen molar-refractivity contribution in [2.45, 2.75) is 19.6 Å². The molecule has 0 unspecified atom stereocenters. The summed E-state index contributed by atoms with van der Waals surface area (Å²) in [5.41, 5.74) is 7.30. The molecule has 7 heteroatoms. The Morgan fingerprint density at radius 3 is 2.67 bits per heavy atom. The van der Waals surface area contributed by atoms with E-state index in [4.69, 9.17) is 10.5 Å². The number of nitrogens with zero attached hydrogens (tertiary/aromatic N) is 3.